The van der Waals surface area contributed by atoms with Crippen molar-refractivity contribution >= 4 is 54.1 Å². The molecule has 60 heavy (non-hydrogen) atoms. The van der Waals surface area contributed by atoms with Gasteiger partial charge in [0.1, 0.15) is 59.6 Å². The molecule has 1 aromatic heterocycles. The van der Waals surface area contributed by atoms with Crippen LogP contribution in [0.15, 0.2) is 55.5 Å². The summed E-state index contributed by atoms with van der Waals surface area (Å²) in [7, 11) is 0. The second kappa shape index (κ2) is 27.0. The number of carbonyl (C=O) groups is 9. The lowest BCUT2D eigenvalue weighted by molar-refractivity contribution is -0.152. The molecule has 0 saturated carbocycles. The van der Waals surface area contributed by atoms with Crippen molar-refractivity contribution in [3.8, 4) is 0 Å². The maximum atomic E-state index is 13.3. The van der Waals surface area contributed by atoms with Crippen molar-refractivity contribution in [3.63, 3.8) is 0 Å². The molecule has 27 nitrogen and oxygen atoms in total. The molecular weight excluding hydrogens is 816 g/mol. The summed E-state index contributed by atoms with van der Waals surface area (Å²) in [6.45, 7) is 6.95. The molecule has 1 heterocycles. The highest BCUT2D eigenvalue weighted by Gasteiger charge is 2.17. The second-order valence-corrected chi connectivity index (χ2v) is 11.1. The Labute approximate surface area is 337 Å². The molecule has 0 radical (unpaired) electrons. The Kier molecular flexibility index (Phi) is 22.6. The smallest absolute Gasteiger partial charge is 0.427 e. The van der Waals surface area contributed by atoms with Crippen LogP contribution in [-0.2, 0) is 84.7 Å². The van der Waals surface area contributed by atoms with E-state index in [-0.39, 0.29) is 60.9 Å². The van der Waals surface area contributed by atoms with Crippen LogP contribution in [0.25, 0.3) is 0 Å². The summed E-state index contributed by atoms with van der Waals surface area (Å²) in [6, 6.07) is 0. The van der Waals surface area contributed by atoms with Gasteiger partial charge in [-0.1, -0.05) is 19.7 Å². The van der Waals surface area contributed by atoms with Gasteiger partial charge in [0.25, 0.3) is 0 Å². The minimum Gasteiger partial charge on any atom is -0.460 e. The average Bonchev–Trinajstić information content (AvgIpc) is 3.19. The van der Waals surface area contributed by atoms with Gasteiger partial charge in [-0.2, -0.15) is 0 Å². The minimum absolute atomic E-state index is 0.111. The first kappa shape index (κ1) is 50.3. The summed E-state index contributed by atoms with van der Waals surface area (Å²) in [5.74, 6) is -6.73. The molecule has 330 valence electrons. The van der Waals surface area contributed by atoms with E-state index in [4.69, 9.17) is 37.6 Å². The van der Waals surface area contributed by atoms with Crippen molar-refractivity contribution in [1.29, 1.82) is 0 Å². The zero-order valence-electron chi connectivity index (χ0n) is 32.5. The van der Waals surface area contributed by atoms with E-state index < -0.39 is 111 Å². The van der Waals surface area contributed by atoms with Crippen molar-refractivity contribution in [2.45, 2.75) is 34.1 Å². The molecule has 0 aromatic carbocycles. The fourth-order valence-corrected chi connectivity index (χ4v) is 3.23. The lowest BCUT2D eigenvalue weighted by Gasteiger charge is -2.12. The van der Waals surface area contributed by atoms with Gasteiger partial charge in [-0.05, 0) is 20.8 Å². The first-order valence-corrected chi connectivity index (χ1v) is 16.8. The Hall–Kier alpha value is -7.74. The van der Waals surface area contributed by atoms with Gasteiger partial charge in [0, 0.05) is 16.7 Å². The summed E-state index contributed by atoms with van der Waals surface area (Å²) in [4.78, 5) is 136. The Bertz CT molecular complexity index is 1990. The highest BCUT2D eigenvalue weighted by atomic mass is 16.6. The Morgan fingerprint density at radius 3 is 1.22 bits per heavy atom. The van der Waals surface area contributed by atoms with E-state index >= 15 is 0 Å². The van der Waals surface area contributed by atoms with E-state index in [0.717, 1.165) is 0 Å². The third kappa shape index (κ3) is 21.0. The van der Waals surface area contributed by atoms with Gasteiger partial charge < -0.3 is 63.0 Å². The van der Waals surface area contributed by atoms with Crippen molar-refractivity contribution < 1.29 is 90.2 Å². The molecule has 1 aromatic rings. The first-order chi connectivity index (χ1) is 28.3. The van der Waals surface area contributed by atoms with Crippen LogP contribution < -0.4 is 33.1 Å². The van der Waals surface area contributed by atoms with Gasteiger partial charge in [-0.3, -0.25) is 0 Å². The van der Waals surface area contributed by atoms with E-state index in [1.165, 1.54) is 20.8 Å². The maximum Gasteiger partial charge on any atom is 0.427 e. The summed E-state index contributed by atoms with van der Waals surface area (Å²) in [6.07, 6.45) is -3.89. The molecule has 0 aliphatic carbocycles. The van der Waals surface area contributed by atoms with E-state index in [0.29, 0.717) is 4.57 Å². The lowest BCUT2D eigenvalue weighted by atomic mass is 10.4. The van der Waals surface area contributed by atoms with E-state index in [1.807, 2.05) is 10.6 Å². The first-order valence-electron chi connectivity index (χ1n) is 16.8. The van der Waals surface area contributed by atoms with Crippen LogP contribution in [0.1, 0.15) is 20.8 Å². The van der Waals surface area contributed by atoms with Crippen LogP contribution in [-0.4, -0.2) is 129 Å². The van der Waals surface area contributed by atoms with Crippen molar-refractivity contribution in [1.82, 2.24) is 25.1 Å². The number of esters is 6. The molecule has 0 atom stereocenters. The van der Waals surface area contributed by atoms with Crippen molar-refractivity contribution in [3.05, 3.63) is 63.2 Å². The monoisotopic (exact) mass is 858 g/mol. The number of ether oxygens (including phenoxy) is 9. The number of carbonyl (C=O) groups excluding carboxylic acids is 9. The summed E-state index contributed by atoms with van der Waals surface area (Å²) in [5, 5.41) is 6.10. The van der Waals surface area contributed by atoms with Crippen molar-refractivity contribution in [2.24, 2.45) is 4.99 Å². The lowest BCUT2D eigenvalue weighted by Crippen LogP contribution is -2.51. The zero-order valence-corrected chi connectivity index (χ0v) is 32.5. The quantitative estimate of drug-likeness (QED) is 0.0420. The predicted octanol–water partition coefficient (Wildman–Crippen LogP) is -2.46. The topological polar surface area (TPSA) is 342 Å². The third-order valence-corrected chi connectivity index (χ3v) is 6.04. The summed E-state index contributed by atoms with van der Waals surface area (Å²) in [5.41, 5.74) is -1.80. The highest BCUT2D eigenvalue weighted by Crippen LogP contribution is 1.95. The average molecular weight is 859 g/mol. The molecule has 27 heteroatoms. The molecule has 0 fully saturated rings. The standard InChI is InChI=1S/C33H42N6O21/c1-19(2)25(43)54-10-7-51-22(40)13-57-29(46)35-16-34-28-38(17-36-30(47)58-14-23(41)52-8-11-55-26(44)20(3)4)32(49)39(33(50)60-28)18-37-31(48)59-15-24(42)53-9-12-56-27(45)21(5)6/h1,3,5,7-18H2,2,4,6H3,(H,35,46)(H,36,47)(H,37,48)/b34-28-. The van der Waals surface area contributed by atoms with Gasteiger partial charge >= 0.3 is 71.2 Å². The molecule has 0 unspecified atom stereocenters. The number of nitrogens with one attached hydrogen (secondary N) is 3. The van der Waals surface area contributed by atoms with E-state index in [9.17, 15) is 52.7 Å². The molecule has 0 bridgehead atoms. The van der Waals surface area contributed by atoms with Gasteiger partial charge in [0.2, 0.25) is 0 Å². The minimum atomic E-state index is -1.45. The zero-order chi connectivity index (χ0) is 45.2. The Balaban J connectivity index is 2.94. The Morgan fingerprint density at radius 1 is 0.517 bits per heavy atom. The van der Waals surface area contributed by atoms with Crippen LogP contribution in [0.5, 0.6) is 0 Å². The number of alkyl carbamates (subject to hydrolysis) is 3. The fraction of sp³-hybridized carbons (Fsp3) is 0.455. The fourth-order valence-electron chi connectivity index (χ4n) is 3.23. The summed E-state index contributed by atoms with van der Waals surface area (Å²) >= 11 is 0. The van der Waals surface area contributed by atoms with Crippen LogP contribution >= 0.6 is 0 Å². The van der Waals surface area contributed by atoms with Gasteiger partial charge in [-0.15, -0.1) is 0 Å². The Morgan fingerprint density at radius 2 is 0.850 bits per heavy atom. The number of hydrogen-bond donors (Lipinski definition) is 3. The number of hydrogen-bond acceptors (Lipinski definition) is 22. The van der Waals surface area contributed by atoms with Crippen LogP contribution in [0.2, 0.25) is 0 Å². The largest absolute Gasteiger partial charge is 0.460 e. The highest BCUT2D eigenvalue weighted by molar-refractivity contribution is 5.87. The van der Waals surface area contributed by atoms with Gasteiger partial charge in [-0.25, -0.2) is 66.9 Å². The number of rotatable bonds is 24. The number of nitrogens with zero attached hydrogens (tertiary/aromatic N) is 3. The van der Waals surface area contributed by atoms with Gasteiger partial charge in [0.15, 0.2) is 19.8 Å². The molecule has 0 aliphatic rings. The van der Waals surface area contributed by atoms with Crippen LogP contribution in [0.3, 0.4) is 0 Å². The normalized spacial score (nSPS) is 10.4. The predicted molar refractivity (Wildman–Crippen MR) is 191 cm³/mol. The molecule has 3 N–H and O–H groups in total. The van der Waals surface area contributed by atoms with Crippen LogP contribution in [0, 0.1) is 0 Å². The molecule has 1 rings (SSSR count). The maximum absolute atomic E-state index is 13.3. The molecule has 3 amide bonds. The molecule has 0 spiro atoms. The number of amides is 3. The second-order valence-electron chi connectivity index (χ2n) is 11.1. The van der Waals surface area contributed by atoms with Crippen LogP contribution in [0.4, 0.5) is 14.4 Å². The molecule has 0 aliphatic heterocycles. The summed E-state index contributed by atoms with van der Waals surface area (Å²) < 4.78 is 48.2. The third-order valence-electron chi connectivity index (χ3n) is 6.04. The molecular formula is C33H42N6O21. The SMILES string of the molecule is C=C(C)C(=O)OCCOC(=O)COC(=O)NC/N=c1\oc(=O)n(CNC(=O)OCC(=O)OCCOC(=O)C(=C)C)c(=O)n1CNC(=O)OCC(=O)OCCOC(=O)C(=C)C. The van der Waals surface area contributed by atoms with E-state index in [2.05, 4.69) is 39.5 Å². The van der Waals surface area contributed by atoms with Crippen molar-refractivity contribution in [2.75, 3.05) is 66.1 Å². The molecule has 0 saturated heterocycles. The number of aromatic nitrogens is 2. The van der Waals surface area contributed by atoms with Gasteiger partial charge in [0.05, 0.1) is 0 Å². The van der Waals surface area contributed by atoms with E-state index in [1.54, 1.807) is 0 Å².